The second kappa shape index (κ2) is 10.2. The highest BCUT2D eigenvalue weighted by Gasteiger charge is 2.18. The number of hydrogen-bond acceptors (Lipinski definition) is 3. The summed E-state index contributed by atoms with van der Waals surface area (Å²) in [4.78, 5) is 6.56. The van der Waals surface area contributed by atoms with Gasteiger partial charge in [0, 0.05) is 39.7 Å². The number of aryl methyl sites for hydroxylation is 1. The first-order valence-corrected chi connectivity index (χ1v) is 8.88. The molecule has 1 atom stereocenters. The first-order valence-electron chi connectivity index (χ1n) is 8.88. The third kappa shape index (κ3) is 6.40. The van der Waals surface area contributed by atoms with Crippen molar-refractivity contribution in [2.24, 2.45) is 10.9 Å². The average molecular weight is 333 g/mol. The number of guanidine groups is 1. The molecule has 1 aliphatic heterocycles. The van der Waals surface area contributed by atoms with Crippen LogP contribution in [0.1, 0.15) is 24.8 Å². The van der Waals surface area contributed by atoms with Crippen LogP contribution in [0.25, 0.3) is 0 Å². The monoisotopic (exact) mass is 333 g/mol. The molecule has 0 aliphatic carbocycles. The molecule has 0 saturated carbocycles. The Morgan fingerprint density at radius 1 is 1.33 bits per heavy atom. The van der Waals surface area contributed by atoms with Gasteiger partial charge >= 0.3 is 0 Å². The van der Waals surface area contributed by atoms with Gasteiger partial charge in [-0.05, 0) is 38.3 Å². The van der Waals surface area contributed by atoms with E-state index in [2.05, 4.69) is 41.3 Å². The van der Waals surface area contributed by atoms with E-state index in [-0.39, 0.29) is 0 Å². The molecule has 1 saturated heterocycles. The Hall–Kier alpha value is -1.75. The second-order valence-electron chi connectivity index (χ2n) is 6.45. The zero-order valence-electron chi connectivity index (χ0n) is 15.3. The Balaban J connectivity index is 1.57. The van der Waals surface area contributed by atoms with Gasteiger partial charge in [0.1, 0.15) is 5.75 Å². The molecule has 0 bridgehead atoms. The number of nitrogens with one attached hydrogen (secondary N) is 1. The zero-order valence-corrected chi connectivity index (χ0v) is 15.3. The summed E-state index contributed by atoms with van der Waals surface area (Å²) in [6.07, 6.45) is 3.24. The fraction of sp³-hybridized carbons (Fsp3) is 0.632. The molecule has 0 spiro atoms. The van der Waals surface area contributed by atoms with Gasteiger partial charge in [-0.15, -0.1) is 0 Å². The number of hydrogen-bond donors (Lipinski definition) is 1. The van der Waals surface area contributed by atoms with E-state index in [0.717, 1.165) is 63.9 Å². The van der Waals surface area contributed by atoms with Crippen molar-refractivity contribution in [1.29, 1.82) is 0 Å². The van der Waals surface area contributed by atoms with E-state index < -0.39 is 0 Å². The van der Waals surface area contributed by atoms with E-state index >= 15 is 0 Å². The van der Waals surface area contributed by atoms with Crippen LogP contribution in [0, 0.1) is 12.8 Å². The molecule has 24 heavy (non-hydrogen) atoms. The van der Waals surface area contributed by atoms with Gasteiger partial charge in [-0.3, -0.25) is 4.99 Å². The van der Waals surface area contributed by atoms with Crippen LogP contribution in [0.2, 0.25) is 0 Å². The van der Waals surface area contributed by atoms with Crippen molar-refractivity contribution in [3.63, 3.8) is 0 Å². The lowest BCUT2D eigenvalue weighted by Gasteiger charge is -2.24. The smallest absolute Gasteiger partial charge is 0.193 e. The third-order valence-electron chi connectivity index (χ3n) is 4.27. The minimum absolute atomic E-state index is 0.622. The van der Waals surface area contributed by atoms with Gasteiger partial charge in [0.05, 0.1) is 13.2 Å². The van der Waals surface area contributed by atoms with Gasteiger partial charge in [0.15, 0.2) is 5.96 Å². The van der Waals surface area contributed by atoms with Crippen molar-refractivity contribution in [3.8, 4) is 5.75 Å². The van der Waals surface area contributed by atoms with Crippen LogP contribution >= 0.6 is 0 Å². The molecule has 2 rings (SSSR count). The van der Waals surface area contributed by atoms with E-state index in [4.69, 9.17) is 9.47 Å². The maximum atomic E-state index is 5.75. The van der Waals surface area contributed by atoms with Crippen LogP contribution in [-0.2, 0) is 4.74 Å². The van der Waals surface area contributed by atoms with Crippen LogP contribution in [-0.4, -0.2) is 57.9 Å². The predicted octanol–water partition coefficient (Wildman–Crippen LogP) is 2.70. The summed E-state index contributed by atoms with van der Waals surface area (Å²) in [5, 5.41) is 3.43. The molecular formula is C19H31N3O2. The van der Waals surface area contributed by atoms with E-state index in [9.17, 15) is 0 Å². The van der Waals surface area contributed by atoms with E-state index in [1.54, 1.807) is 0 Å². The van der Waals surface area contributed by atoms with Crippen LogP contribution < -0.4 is 10.1 Å². The summed E-state index contributed by atoms with van der Waals surface area (Å²) in [6.45, 7) is 6.51. The first kappa shape index (κ1) is 18.6. The van der Waals surface area contributed by atoms with Crippen molar-refractivity contribution in [3.05, 3.63) is 29.8 Å². The summed E-state index contributed by atoms with van der Waals surface area (Å²) in [6, 6.07) is 8.20. The Kier molecular flexibility index (Phi) is 7.89. The lowest BCUT2D eigenvalue weighted by Crippen LogP contribution is -2.41. The van der Waals surface area contributed by atoms with Crippen molar-refractivity contribution >= 4 is 5.96 Å². The molecule has 1 unspecified atom stereocenters. The van der Waals surface area contributed by atoms with Crippen molar-refractivity contribution in [2.45, 2.75) is 26.2 Å². The van der Waals surface area contributed by atoms with E-state index in [1.165, 1.54) is 5.56 Å². The van der Waals surface area contributed by atoms with Gasteiger partial charge in [-0.2, -0.15) is 0 Å². The maximum Gasteiger partial charge on any atom is 0.193 e. The summed E-state index contributed by atoms with van der Waals surface area (Å²) in [7, 11) is 3.93. The summed E-state index contributed by atoms with van der Waals surface area (Å²) in [5.74, 6) is 2.53. The number of unbranched alkanes of at least 4 members (excludes halogenated alkanes) is 1. The van der Waals surface area contributed by atoms with Crippen molar-refractivity contribution in [2.75, 3.05) is 47.0 Å². The Labute approximate surface area is 146 Å². The topological polar surface area (TPSA) is 46.1 Å². The van der Waals surface area contributed by atoms with E-state index in [0.29, 0.717) is 5.92 Å². The normalized spacial score (nSPS) is 17.8. The first-order chi connectivity index (χ1) is 11.7. The molecule has 1 aliphatic rings. The summed E-state index contributed by atoms with van der Waals surface area (Å²) >= 11 is 0. The third-order valence-corrected chi connectivity index (χ3v) is 4.27. The second-order valence-corrected chi connectivity index (χ2v) is 6.45. The minimum atomic E-state index is 0.622. The van der Waals surface area contributed by atoms with E-state index in [1.807, 2.05) is 19.2 Å². The fourth-order valence-electron chi connectivity index (χ4n) is 2.84. The standard InChI is InChI=1S/C19H31N3O2/c1-16-6-8-18(9-7-16)24-12-5-4-11-21-19(20-2)22(3)14-17-10-13-23-15-17/h6-9,17H,4-5,10-15H2,1-3H3,(H,20,21). The minimum Gasteiger partial charge on any atom is -0.494 e. The molecule has 0 radical (unpaired) electrons. The van der Waals surface area contributed by atoms with Crippen molar-refractivity contribution < 1.29 is 9.47 Å². The molecule has 1 aromatic carbocycles. The lowest BCUT2D eigenvalue weighted by atomic mass is 10.1. The number of benzene rings is 1. The molecule has 0 amide bonds. The number of aliphatic imine (C=N–C) groups is 1. The maximum absolute atomic E-state index is 5.75. The van der Waals surface area contributed by atoms with Gasteiger partial charge in [0.2, 0.25) is 0 Å². The van der Waals surface area contributed by atoms with Crippen LogP contribution in [0.4, 0.5) is 0 Å². The molecule has 5 heteroatoms. The Bertz CT molecular complexity index is 496. The average Bonchev–Trinajstić information content (AvgIpc) is 3.08. The number of nitrogens with zero attached hydrogens (tertiary/aromatic N) is 2. The van der Waals surface area contributed by atoms with Gasteiger partial charge < -0.3 is 19.7 Å². The molecule has 134 valence electrons. The molecule has 1 heterocycles. The summed E-state index contributed by atoms with van der Waals surface area (Å²) in [5.41, 5.74) is 1.26. The molecule has 0 aromatic heterocycles. The molecule has 1 N–H and O–H groups in total. The molecule has 5 nitrogen and oxygen atoms in total. The highest BCUT2D eigenvalue weighted by Crippen LogP contribution is 2.13. The van der Waals surface area contributed by atoms with Crippen LogP contribution in [0.5, 0.6) is 5.75 Å². The van der Waals surface area contributed by atoms with Gasteiger partial charge in [-0.25, -0.2) is 0 Å². The largest absolute Gasteiger partial charge is 0.494 e. The number of rotatable bonds is 8. The Morgan fingerprint density at radius 3 is 2.79 bits per heavy atom. The van der Waals surface area contributed by atoms with Crippen LogP contribution in [0.15, 0.2) is 29.3 Å². The SMILES string of the molecule is CN=C(NCCCCOc1ccc(C)cc1)N(C)CC1CCOC1. The lowest BCUT2D eigenvalue weighted by molar-refractivity contribution is 0.181. The van der Waals surface area contributed by atoms with Crippen LogP contribution in [0.3, 0.4) is 0 Å². The summed E-state index contributed by atoms with van der Waals surface area (Å²) < 4.78 is 11.2. The number of ether oxygens (including phenoxy) is 2. The highest BCUT2D eigenvalue weighted by atomic mass is 16.5. The van der Waals surface area contributed by atoms with Gasteiger partial charge in [0.25, 0.3) is 0 Å². The molecule has 1 aromatic rings. The quantitative estimate of drug-likeness (QED) is 0.451. The highest BCUT2D eigenvalue weighted by molar-refractivity contribution is 5.79. The van der Waals surface area contributed by atoms with Gasteiger partial charge in [-0.1, -0.05) is 17.7 Å². The molecule has 1 fully saturated rings. The fourth-order valence-corrected chi connectivity index (χ4v) is 2.84. The van der Waals surface area contributed by atoms with Crippen molar-refractivity contribution in [1.82, 2.24) is 10.2 Å². The molecular weight excluding hydrogens is 302 g/mol. The Morgan fingerprint density at radius 2 is 2.12 bits per heavy atom. The zero-order chi connectivity index (χ0) is 17.2. The predicted molar refractivity (Wildman–Crippen MR) is 98.8 cm³/mol.